The summed E-state index contributed by atoms with van der Waals surface area (Å²) in [6.07, 6.45) is -6.06. The molecule has 0 spiro atoms. The highest BCUT2D eigenvalue weighted by atomic mass is 35.5. The Bertz CT molecular complexity index is 1060. The van der Waals surface area contributed by atoms with Crippen molar-refractivity contribution in [1.29, 1.82) is 0 Å². The number of hydrogen-bond acceptors (Lipinski definition) is 7. The van der Waals surface area contributed by atoms with E-state index < -0.39 is 37.1 Å². The number of aliphatic hydroxyl groups is 4. The highest BCUT2D eigenvalue weighted by molar-refractivity contribution is 7.98. The number of halogens is 2. The highest BCUT2D eigenvalue weighted by Crippen LogP contribution is 2.38. The predicted molar refractivity (Wildman–Crippen MR) is 123 cm³/mol. The fourth-order valence-electron chi connectivity index (χ4n) is 3.56. The SMILES string of the molecule is OC[C@H]1O[C@H](c2ccc(Cl)c(SCc3ccc(-c4ccc(F)cc4)s3)c2)[C@H](O)[C@H](O)[C@@H]1O. The summed E-state index contributed by atoms with van der Waals surface area (Å²) in [5, 5.41) is 40.4. The van der Waals surface area contributed by atoms with Crippen molar-refractivity contribution < 1.29 is 29.6 Å². The highest BCUT2D eigenvalue weighted by Gasteiger charge is 2.44. The van der Waals surface area contributed by atoms with Crippen LogP contribution >= 0.6 is 34.7 Å². The van der Waals surface area contributed by atoms with Gasteiger partial charge in [-0.2, -0.15) is 0 Å². The van der Waals surface area contributed by atoms with Crippen LogP contribution in [-0.4, -0.2) is 51.4 Å². The molecule has 1 saturated heterocycles. The minimum atomic E-state index is -1.44. The largest absolute Gasteiger partial charge is 0.394 e. The van der Waals surface area contributed by atoms with Gasteiger partial charge in [0.05, 0.1) is 11.6 Å². The summed E-state index contributed by atoms with van der Waals surface area (Å²) in [5.74, 6) is 0.388. The number of hydrogen-bond donors (Lipinski definition) is 4. The Morgan fingerprint density at radius 3 is 2.44 bits per heavy atom. The number of rotatable bonds is 6. The van der Waals surface area contributed by atoms with E-state index in [1.807, 2.05) is 12.1 Å². The molecule has 4 N–H and O–H groups in total. The second-order valence-corrected chi connectivity index (χ2v) is 10.1. The fraction of sp³-hybridized carbons (Fsp3) is 0.304. The molecule has 0 bridgehead atoms. The van der Waals surface area contributed by atoms with E-state index in [4.69, 9.17) is 16.3 Å². The van der Waals surface area contributed by atoms with E-state index >= 15 is 0 Å². The van der Waals surface area contributed by atoms with E-state index in [-0.39, 0.29) is 5.82 Å². The van der Waals surface area contributed by atoms with Gasteiger partial charge in [-0.1, -0.05) is 29.8 Å². The van der Waals surface area contributed by atoms with Crippen LogP contribution in [0.4, 0.5) is 4.39 Å². The van der Waals surface area contributed by atoms with E-state index in [0.717, 1.165) is 20.2 Å². The summed E-state index contributed by atoms with van der Waals surface area (Å²) >= 11 is 9.51. The lowest BCUT2D eigenvalue weighted by atomic mass is 9.91. The molecular weight excluding hydrogens is 475 g/mol. The minimum absolute atomic E-state index is 0.269. The van der Waals surface area contributed by atoms with Crippen molar-refractivity contribution in [1.82, 2.24) is 0 Å². The molecule has 0 unspecified atom stereocenters. The number of ether oxygens (including phenoxy) is 1. The van der Waals surface area contributed by atoms with E-state index in [0.29, 0.717) is 16.3 Å². The average molecular weight is 497 g/mol. The first-order valence-corrected chi connectivity index (χ1v) is 12.1. The number of aliphatic hydroxyl groups excluding tert-OH is 4. The first kappa shape index (κ1) is 23.7. The normalized spacial score (nSPS) is 25.8. The van der Waals surface area contributed by atoms with E-state index in [2.05, 4.69) is 0 Å². The molecule has 1 aromatic heterocycles. The smallest absolute Gasteiger partial charge is 0.123 e. The van der Waals surface area contributed by atoms with Gasteiger partial charge in [0.2, 0.25) is 0 Å². The molecule has 2 aromatic carbocycles. The number of thioether (sulfide) groups is 1. The van der Waals surface area contributed by atoms with Crippen LogP contribution in [0.1, 0.15) is 16.5 Å². The molecule has 0 radical (unpaired) electrons. The Balaban J connectivity index is 1.48. The van der Waals surface area contributed by atoms with E-state index in [1.54, 1.807) is 41.7 Å². The second-order valence-electron chi connectivity index (χ2n) is 7.50. The first-order chi connectivity index (χ1) is 15.4. The summed E-state index contributed by atoms with van der Waals surface area (Å²) in [5.41, 5.74) is 1.54. The quantitative estimate of drug-likeness (QED) is 0.385. The molecule has 0 aliphatic carbocycles. The molecule has 1 fully saturated rings. The Hall–Kier alpha value is -1.49. The van der Waals surface area contributed by atoms with Gasteiger partial charge < -0.3 is 25.2 Å². The Kier molecular flexibility index (Phi) is 7.54. The molecule has 5 nitrogen and oxygen atoms in total. The van der Waals surface area contributed by atoms with Crippen molar-refractivity contribution in [2.75, 3.05) is 6.61 Å². The summed E-state index contributed by atoms with van der Waals surface area (Å²) in [7, 11) is 0. The lowest BCUT2D eigenvalue weighted by Gasteiger charge is -2.40. The zero-order chi connectivity index (χ0) is 22.8. The second kappa shape index (κ2) is 10.2. The molecule has 1 aliphatic rings. The van der Waals surface area contributed by atoms with Gasteiger partial charge in [-0.15, -0.1) is 23.1 Å². The molecule has 1 aliphatic heterocycles. The molecular formula is C23H22ClFO5S2. The van der Waals surface area contributed by atoms with E-state index in [1.165, 1.54) is 23.9 Å². The molecule has 0 amide bonds. The van der Waals surface area contributed by atoms with Crippen LogP contribution in [0, 0.1) is 5.82 Å². The van der Waals surface area contributed by atoms with Crippen molar-refractivity contribution in [2.24, 2.45) is 0 Å². The van der Waals surface area contributed by atoms with Crippen molar-refractivity contribution in [3.8, 4) is 10.4 Å². The number of benzene rings is 2. The Morgan fingerprint density at radius 2 is 1.72 bits per heavy atom. The third kappa shape index (κ3) is 5.03. The lowest BCUT2D eigenvalue weighted by molar-refractivity contribution is -0.231. The van der Waals surface area contributed by atoms with Gasteiger partial charge in [-0.25, -0.2) is 4.39 Å². The van der Waals surface area contributed by atoms with Gasteiger partial charge in [-0.05, 0) is 47.5 Å². The summed E-state index contributed by atoms with van der Waals surface area (Å²) in [4.78, 5) is 2.93. The van der Waals surface area contributed by atoms with Gasteiger partial charge >= 0.3 is 0 Å². The van der Waals surface area contributed by atoms with Crippen molar-refractivity contribution in [3.63, 3.8) is 0 Å². The third-order valence-corrected chi connectivity index (χ3v) is 8.20. The Labute approximate surface area is 198 Å². The van der Waals surface area contributed by atoms with Gasteiger partial charge in [0.1, 0.15) is 36.3 Å². The molecule has 0 saturated carbocycles. The zero-order valence-electron chi connectivity index (χ0n) is 16.8. The first-order valence-electron chi connectivity index (χ1n) is 9.95. The van der Waals surface area contributed by atoms with Crippen LogP contribution in [0.2, 0.25) is 5.02 Å². The molecule has 2 heterocycles. The van der Waals surface area contributed by atoms with Gasteiger partial charge in [0, 0.05) is 20.4 Å². The standard InChI is InChI=1S/C23H22ClFO5S2/c24-16-7-3-13(23-22(29)21(28)20(27)17(10-26)30-23)9-19(16)31-11-15-6-8-18(32-15)12-1-4-14(25)5-2-12/h1-9,17,20-23,26-29H,10-11H2/t17-,20-,21-,22-,23-/m1/s1. The summed E-state index contributed by atoms with van der Waals surface area (Å²) in [6.45, 7) is -0.481. The van der Waals surface area contributed by atoms with Crippen molar-refractivity contribution >= 4 is 34.7 Å². The van der Waals surface area contributed by atoms with E-state index in [9.17, 15) is 24.8 Å². The molecule has 9 heteroatoms. The maximum Gasteiger partial charge on any atom is 0.123 e. The average Bonchev–Trinajstić information content (AvgIpc) is 3.27. The topological polar surface area (TPSA) is 90.2 Å². The fourth-order valence-corrected chi connectivity index (χ4v) is 5.88. The summed E-state index contributed by atoms with van der Waals surface area (Å²) in [6, 6.07) is 15.6. The van der Waals surface area contributed by atoms with Crippen LogP contribution in [0.15, 0.2) is 59.5 Å². The van der Waals surface area contributed by atoms with Crippen LogP contribution < -0.4 is 0 Å². The minimum Gasteiger partial charge on any atom is -0.394 e. The van der Waals surface area contributed by atoms with Crippen molar-refractivity contribution in [2.45, 2.75) is 41.2 Å². The van der Waals surface area contributed by atoms with Gasteiger partial charge in [-0.3, -0.25) is 0 Å². The maximum absolute atomic E-state index is 13.2. The van der Waals surface area contributed by atoms with Gasteiger partial charge in [0.25, 0.3) is 0 Å². The Morgan fingerprint density at radius 1 is 0.969 bits per heavy atom. The number of thiophene rings is 1. The molecule has 4 rings (SSSR count). The van der Waals surface area contributed by atoms with Crippen LogP contribution in [-0.2, 0) is 10.5 Å². The van der Waals surface area contributed by atoms with Gasteiger partial charge in [0.15, 0.2) is 0 Å². The third-order valence-electron chi connectivity index (χ3n) is 5.34. The van der Waals surface area contributed by atoms with Crippen LogP contribution in [0.3, 0.4) is 0 Å². The maximum atomic E-state index is 13.2. The van der Waals surface area contributed by atoms with Crippen LogP contribution in [0.5, 0.6) is 0 Å². The lowest BCUT2D eigenvalue weighted by Crippen LogP contribution is -2.55. The molecule has 5 atom stereocenters. The predicted octanol–water partition coefficient (Wildman–Crippen LogP) is 4.01. The summed E-state index contributed by atoms with van der Waals surface area (Å²) < 4.78 is 18.8. The monoisotopic (exact) mass is 496 g/mol. The molecule has 32 heavy (non-hydrogen) atoms. The molecule has 170 valence electrons. The van der Waals surface area contributed by atoms with Crippen molar-refractivity contribution in [3.05, 3.63) is 75.9 Å². The van der Waals surface area contributed by atoms with Crippen LogP contribution in [0.25, 0.3) is 10.4 Å². The molecule has 3 aromatic rings. The zero-order valence-corrected chi connectivity index (χ0v) is 19.2.